The predicted octanol–water partition coefficient (Wildman–Crippen LogP) is 2.26. The van der Waals surface area contributed by atoms with E-state index in [9.17, 15) is 4.79 Å². The van der Waals surface area contributed by atoms with Crippen LogP contribution in [0.1, 0.15) is 24.8 Å². The number of hydrogen-bond donors (Lipinski definition) is 3. The summed E-state index contributed by atoms with van der Waals surface area (Å²) in [6.07, 6.45) is 3.63. The van der Waals surface area contributed by atoms with E-state index in [-0.39, 0.29) is 6.03 Å². The molecule has 3 N–H and O–H groups in total. The Morgan fingerprint density at radius 2 is 2.11 bits per heavy atom. The Labute approximate surface area is 108 Å². The second-order valence-electron chi connectivity index (χ2n) is 4.85. The van der Waals surface area contributed by atoms with Gasteiger partial charge in [-0.25, -0.2) is 4.79 Å². The smallest absolute Gasteiger partial charge is 0.319 e. The van der Waals surface area contributed by atoms with Crippen molar-refractivity contribution in [3.8, 4) is 0 Å². The number of benzene rings is 1. The third-order valence-corrected chi connectivity index (χ3v) is 3.23. The summed E-state index contributed by atoms with van der Waals surface area (Å²) in [7, 11) is 0. The first-order valence-electron chi connectivity index (χ1n) is 6.59. The molecule has 0 saturated carbocycles. The van der Waals surface area contributed by atoms with Crippen molar-refractivity contribution >= 4 is 11.7 Å². The third-order valence-electron chi connectivity index (χ3n) is 3.23. The van der Waals surface area contributed by atoms with Gasteiger partial charge in [0.1, 0.15) is 0 Å². The van der Waals surface area contributed by atoms with Gasteiger partial charge in [0.15, 0.2) is 0 Å². The van der Waals surface area contributed by atoms with Gasteiger partial charge in [0.25, 0.3) is 0 Å². The molecule has 0 aliphatic carbocycles. The second-order valence-corrected chi connectivity index (χ2v) is 4.85. The molecule has 98 valence electrons. The lowest BCUT2D eigenvalue weighted by Crippen LogP contribution is -2.44. The van der Waals surface area contributed by atoms with Crippen molar-refractivity contribution in [3.05, 3.63) is 29.8 Å². The van der Waals surface area contributed by atoms with Gasteiger partial charge < -0.3 is 16.0 Å². The summed E-state index contributed by atoms with van der Waals surface area (Å²) in [6.45, 7) is 3.78. The minimum atomic E-state index is -0.133. The highest BCUT2D eigenvalue weighted by atomic mass is 16.2. The maximum Gasteiger partial charge on any atom is 0.319 e. The molecule has 1 aliphatic rings. The molecule has 1 aromatic carbocycles. The van der Waals surface area contributed by atoms with Crippen molar-refractivity contribution < 1.29 is 4.79 Å². The fraction of sp³-hybridized carbons (Fsp3) is 0.500. The Bertz CT molecular complexity index is 383. The average Bonchev–Trinajstić information content (AvgIpc) is 2.40. The van der Waals surface area contributed by atoms with Crippen LogP contribution in [0.5, 0.6) is 0 Å². The molecule has 1 aliphatic heterocycles. The summed E-state index contributed by atoms with van der Waals surface area (Å²) in [4.78, 5) is 11.7. The first-order chi connectivity index (χ1) is 8.74. The number of piperidine rings is 1. The highest BCUT2D eigenvalue weighted by Gasteiger charge is 2.13. The Balaban J connectivity index is 1.73. The fourth-order valence-electron chi connectivity index (χ4n) is 2.13. The van der Waals surface area contributed by atoms with E-state index in [0.717, 1.165) is 18.7 Å². The molecule has 0 radical (unpaired) electrons. The van der Waals surface area contributed by atoms with Crippen LogP contribution in [-0.4, -0.2) is 25.2 Å². The first kappa shape index (κ1) is 12.9. The number of rotatable bonds is 3. The molecule has 0 aromatic heterocycles. The topological polar surface area (TPSA) is 53.2 Å². The highest BCUT2D eigenvalue weighted by molar-refractivity contribution is 5.89. The van der Waals surface area contributed by atoms with E-state index in [4.69, 9.17) is 0 Å². The zero-order chi connectivity index (χ0) is 12.8. The second kappa shape index (κ2) is 6.40. The van der Waals surface area contributed by atoms with Crippen LogP contribution in [0.2, 0.25) is 0 Å². The van der Waals surface area contributed by atoms with Gasteiger partial charge in [-0.3, -0.25) is 0 Å². The molecular weight excluding hydrogens is 226 g/mol. The van der Waals surface area contributed by atoms with Crippen molar-refractivity contribution in [2.75, 3.05) is 18.4 Å². The molecule has 4 heteroatoms. The summed E-state index contributed by atoms with van der Waals surface area (Å²) >= 11 is 0. The quantitative estimate of drug-likeness (QED) is 0.767. The van der Waals surface area contributed by atoms with Gasteiger partial charge in [-0.1, -0.05) is 24.1 Å². The van der Waals surface area contributed by atoms with Gasteiger partial charge in [-0.15, -0.1) is 0 Å². The first-order valence-corrected chi connectivity index (χ1v) is 6.59. The number of anilines is 1. The Kier molecular flexibility index (Phi) is 4.59. The minimum Gasteiger partial charge on any atom is -0.336 e. The molecule has 0 bridgehead atoms. The zero-order valence-corrected chi connectivity index (χ0v) is 10.8. The normalized spacial score (nSPS) is 19.3. The molecule has 2 amide bonds. The lowest BCUT2D eigenvalue weighted by molar-refractivity contribution is 0.249. The van der Waals surface area contributed by atoms with Crippen molar-refractivity contribution in [1.29, 1.82) is 0 Å². The summed E-state index contributed by atoms with van der Waals surface area (Å²) < 4.78 is 0. The molecule has 1 aromatic rings. The maximum absolute atomic E-state index is 11.7. The van der Waals surface area contributed by atoms with Crippen molar-refractivity contribution in [1.82, 2.24) is 10.6 Å². The van der Waals surface area contributed by atoms with Crippen molar-refractivity contribution in [2.45, 2.75) is 32.2 Å². The molecule has 1 unspecified atom stereocenters. The zero-order valence-electron chi connectivity index (χ0n) is 10.8. The highest BCUT2D eigenvalue weighted by Crippen LogP contribution is 2.08. The standard InChI is InChI=1S/C14H21N3O/c1-11-5-7-12(8-6-11)17-14(18)16-10-13-4-2-3-9-15-13/h5-8,13,15H,2-4,9-10H2,1H3,(H2,16,17,18). The molecule has 18 heavy (non-hydrogen) atoms. The van der Waals surface area contributed by atoms with Crippen LogP contribution in [0.15, 0.2) is 24.3 Å². The summed E-state index contributed by atoms with van der Waals surface area (Å²) in [6, 6.07) is 8.08. The van der Waals surface area contributed by atoms with Crippen LogP contribution >= 0.6 is 0 Å². The van der Waals surface area contributed by atoms with Crippen LogP contribution in [-0.2, 0) is 0 Å². The Morgan fingerprint density at radius 1 is 1.33 bits per heavy atom. The van der Waals surface area contributed by atoms with E-state index < -0.39 is 0 Å². The van der Waals surface area contributed by atoms with Crippen LogP contribution in [0.3, 0.4) is 0 Å². The van der Waals surface area contributed by atoms with Gasteiger partial charge in [0.2, 0.25) is 0 Å². The van der Waals surface area contributed by atoms with E-state index in [1.807, 2.05) is 31.2 Å². The minimum absolute atomic E-state index is 0.133. The third kappa shape index (κ3) is 4.04. The van der Waals surface area contributed by atoms with Gasteiger partial charge in [0, 0.05) is 18.3 Å². The number of carbonyl (C=O) groups is 1. The lowest BCUT2D eigenvalue weighted by atomic mass is 10.1. The number of hydrogen-bond acceptors (Lipinski definition) is 2. The molecule has 0 spiro atoms. The van der Waals surface area contributed by atoms with Gasteiger partial charge in [-0.2, -0.15) is 0 Å². The lowest BCUT2D eigenvalue weighted by Gasteiger charge is -2.23. The van der Waals surface area contributed by atoms with Crippen LogP contribution in [0.4, 0.5) is 10.5 Å². The number of nitrogens with one attached hydrogen (secondary N) is 3. The van der Waals surface area contributed by atoms with Crippen molar-refractivity contribution in [2.24, 2.45) is 0 Å². The molecule has 2 rings (SSSR count). The largest absolute Gasteiger partial charge is 0.336 e. The van der Waals surface area contributed by atoms with Crippen LogP contribution < -0.4 is 16.0 Å². The van der Waals surface area contributed by atoms with E-state index >= 15 is 0 Å². The Morgan fingerprint density at radius 3 is 2.78 bits per heavy atom. The summed E-state index contributed by atoms with van der Waals surface area (Å²) in [5.41, 5.74) is 2.02. The van der Waals surface area contributed by atoms with Crippen LogP contribution in [0.25, 0.3) is 0 Å². The van der Waals surface area contributed by atoms with E-state index in [1.54, 1.807) is 0 Å². The molecule has 1 atom stereocenters. The number of carbonyl (C=O) groups excluding carboxylic acids is 1. The molecular formula is C14H21N3O. The van der Waals surface area contributed by atoms with E-state index in [2.05, 4.69) is 16.0 Å². The monoisotopic (exact) mass is 247 g/mol. The number of amides is 2. The maximum atomic E-state index is 11.7. The Hall–Kier alpha value is -1.55. The molecule has 1 heterocycles. The average molecular weight is 247 g/mol. The number of urea groups is 1. The SMILES string of the molecule is Cc1ccc(NC(=O)NCC2CCCCN2)cc1. The summed E-state index contributed by atoms with van der Waals surface area (Å²) in [5, 5.41) is 9.14. The van der Waals surface area contributed by atoms with Gasteiger partial charge in [-0.05, 0) is 38.4 Å². The van der Waals surface area contributed by atoms with E-state index in [1.165, 1.54) is 18.4 Å². The van der Waals surface area contributed by atoms with Gasteiger partial charge in [0.05, 0.1) is 0 Å². The predicted molar refractivity (Wildman–Crippen MR) is 73.8 cm³/mol. The number of aryl methyl sites for hydroxylation is 1. The van der Waals surface area contributed by atoms with E-state index in [0.29, 0.717) is 12.6 Å². The van der Waals surface area contributed by atoms with Gasteiger partial charge >= 0.3 is 6.03 Å². The van der Waals surface area contributed by atoms with Crippen molar-refractivity contribution in [3.63, 3.8) is 0 Å². The molecule has 1 fully saturated rings. The molecule has 4 nitrogen and oxygen atoms in total. The van der Waals surface area contributed by atoms with Crippen LogP contribution in [0, 0.1) is 6.92 Å². The molecule has 1 saturated heterocycles. The summed E-state index contributed by atoms with van der Waals surface area (Å²) in [5.74, 6) is 0. The fourth-order valence-corrected chi connectivity index (χ4v) is 2.13.